The molecule has 2 rings (SSSR count). The molecule has 0 unspecified atom stereocenters. The summed E-state index contributed by atoms with van der Waals surface area (Å²) in [5.41, 5.74) is 3.18. The highest BCUT2D eigenvalue weighted by atomic mass is 16.2. The molecule has 4 nitrogen and oxygen atoms in total. The number of fused-ring (bicyclic) bond motifs is 1. The number of benzene rings is 1. The van der Waals surface area contributed by atoms with Crippen LogP contribution in [0.25, 0.3) is 0 Å². The first-order valence-corrected chi connectivity index (χ1v) is 6.25. The highest BCUT2D eigenvalue weighted by Crippen LogP contribution is 2.30. The minimum atomic E-state index is -0.0164. The van der Waals surface area contributed by atoms with Crippen molar-refractivity contribution in [1.82, 2.24) is 5.32 Å². The van der Waals surface area contributed by atoms with Crippen molar-refractivity contribution in [2.45, 2.75) is 25.8 Å². The third-order valence-electron chi connectivity index (χ3n) is 3.26. The van der Waals surface area contributed by atoms with E-state index in [4.69, 9.17) is 0 Å². The Morgan fingerprint density at radius 3 is 2.78 bits per heavy atom. The molecule has 1 aromatic carbocycles. The summed E-state index contributed by atoms with van der Waals surface area (Å²) < 4.78 is 0. The lowest BCUT2D eigenvalue weighted by molar-refractivity contribution is -0.117. The molecule has 18 heavy (non-hydrogen) atoms. The van der Waals surface area contributed by atoms with Crippen molar-refractivity contribution >= 4 is 17.3 Å². The van der Waals surface area contributed by atoms with E-state index in [2.05, 4.69) is 30.5 Å². The molecule has 0 atom stereocenters. The summed E-state index contributed by atoms with van der Waals surface area (Å²) in [6.45, 7) is 5.17. The van der Waals surface area contributed by atoms with E-state index in [1.54, 1.807) is 4.90 Å². The third-order valence-corrected chi connectivity index (χ3v) is 3.26. The zero-order chi connectivity index (χ0) is 13.3. The van der Waals surface area contributed by atoms with Gasteiger partial charge in [0.25, 0.3) is 0 Å². The van der Waals surface area contributed by atoms with Crippen LogP contribution in [0.4, 0.5) is 11.4 Å². The fourth-order valence-corrected chi connectivity index (χ4v) is 2.42. The van der Waals surface area contributed by atoms with Crippen molar-refractivity contribution in [1.29, 1.82) is 0 Å². The largest absolute Gasteiger partial charge is 0.379 e. The number of likely N-dealkylation sites (N-methyl/N-ethyl adjacent to an activating group) is 2. The monoisotopic (exact) mass is 247 g/mol. The zero-order valence-corrected chi connectivity index (χ0v) is 11.5. The van der Waals surface area contributed by atoms with E-state index < -0.39 is 0 Å². The Kier molecular flexibility index (Phi) is 3.30. The number of rotatable bonds is 4. The summed E-state index contributed by atoms with van der Waals surface area (Å²) >= 11 is 0. The number of amides is 1. The lowest BCUT2D eigenvalue weighted by Crippen LogP contribution is -2.40. The molecule has 0 spiro atoms. The SMILES string of the molecule is CNCC(C)(C)Nc1ccc2c(c1)CC(=O)N2C. The Morgan fingerprint density at radius 2 is 2.11 bits per heavy atom. The Balaban J connectivity index is 2.19. The van der Waals surface area contributed by atoms with Crippen molar-refractivity contribution in [3.05, 3.63) is 23.8 Å². The molecule has 1 aliphatic heterocycles. The van der Waals surface area contributed by atoms with E-state index in [0.29, 0.717) is 6.42 Å². The molecule has 0 aliphatic carbocycles. The smallest absolute Gasteiger partial charge is 0.231 e. The van der Waals surface area contributed by atoms with Crippen LogP contribution in [0.3, 0.4) is 0 Å². The molecule has 0 saturated carbocycles. The molecule has 2 N–H and O–H groups in total. The Bertz CT molecular complexity index is 468. The number of anilines is 2. The summed E-state index contributed by atoms with van der Waals surface area (Å²) in [6.07, 6.45) is 0.508. The molecule has 0 fully saturated rings. The second-order valence-electron chi connectivity index (χ2n) is 5.51. The number of nitrogens with zero attached hydrogens (tertiary/aromatic N) is 1. The van der Waals surface area contributed by atoms with Gasteiger partial charge in [0.1, 0.15) is 0 Å². The quantitative estimate of drug-likeness (QED) is 0.849. The van der Waals surface area contributed by atoms with E-state index in [1.165, 1.54) is 0 Å². The number of hydrogen-bond acceptors (Lipinski definition) is 3. The average molecular weight is 247 g/mol. The van der Waals surface area contributed by atoms with Gasteiger partial charge in [-0.2, -0.15) is 0 Å². The molecule has 0 bridgehead atoms. The summed E-state index contributed by atoms with van der Waals surface area (Å²) in [7, 11) is 3.77. The fourth-order valence-electron chi connectivity index (χ4n) is 2.42. The van der Waals surface area contributed by atoms with Gasteiger partial charge in [-0.3, -0.25) is 4.79 Å². The number of hydrogen-bond donors (Lipinski definition) is 2. The normalized spacial score (nSPS) is 14.9. The Morgan fingerprint density at radius 1 is 1.39 bits per heavy atom. The van der Waals surface area contributed by atoms with E-state index in [0.717, 1.165) is 23.5 Å². The minimum Gasteiger partial charge on any atom is -0.379 e. The summed E-state index contributed by atoms with van der Waals surface area (Å²) in [5, 5.41) is 6.66. The van der Waals surface area contributed by atoms with Crippen LogP contribution < -0.4 is 15.5 Å². The topological polar surface area (TPSA) is 44.4 Å². The van der Waals surface area contributed by atoms with Gasteiger partial charge in [-0.25, -0.2) is 0 Å². The molecular formula is C14H21N3O. The lowest BCUT2D eigenvalue weighted by atomic mass is 10.0. The van der Waals surface area contributed by atoms with Gasteiger partial charge in [0.05, 0.1) is 6.42 Å². The second kappa shape index (κ2) is 4.61. The molecule has 0 saturated heterocycles. The molecule has 1 aliphatic rings. The van der Waals surface area contributed by atoms with Crippen molar-refractivity contribution < 1.29 is 4.79 Å². The predicted molar refractivity (Wildman–Crippen MR) is 75.2 cm³/mol. The zero-order valence-electron chi connectivity index (χ0n) is 11.5. The maximum absolute atomic E-state index is 11.6. The molecule has 1 aromatic rings. The van der Waals surface area contributed by atoms with Gasteiger partial charge in [-0.05, 0) is 44.7 Å². The first-order valence-electron chi connectivity index (χ1n) is 6.25. The van der Waals surface area contributed by atoms with Gasteiger partial charge in [0.15, 0.2) is 0 Å². The van der Waals surface area contributed by atoms with Gasteiger partial charge in [-0.15, -0.1) is 0 Å². The fraction of sp³-hybridized carbons (Fsp3) is 0.500. The van der Waals surface area contributed by atoms with Crippen molar-refractivity contribution in [2.24, 2.45) is 0 Å². The number of carbonyl (C=O) groups is 1. The van der Waals surface area contributed by atoms with Crippen molar-refractivity contribution in [2.75, 3.05) is 30.9 Å². The van der Waals surface area contributed by atoms with Crippen LogP contribution in [0.1, 0.15) is 19.4 Å². The van der Waals surface area contributed by atoms with E-state index in [1.807, 2.05) is 26.2 Å². The molecular weight excluding hydrogens is 226 g/mol. The van der Waals surface area contributed by atoms with Crippen LogP contribution >= 0.6 is 0 Å². The number of nitrogens with one attached hydrogen (secondary N) is 2. The molecule has 1 amide bonds. The summed E-state index contributed by atoms with van der Waals surface area (Å²) in [6, 6.07) is 6.12. The van der Waals surface area contributed by atoms with E-state index in [-0.39, 0.29) is 11.4 Å². The van der Waals surface area contributed by atoms with Crippen LogP contribution in [0.5, 0.6) is 0 Å². The average Bonchev–Trinajstić information content (AvgIpc) is 2.53. The van der Waals surface area contributed by atoms with Crippen molar-refractivity contribution in [3.63, 3.8) is 0 Å². The van der Waals surface area contributed by atoms with Gasteiger partial charge in [-0.1, -0.05) is 0 Å². The minimum absolute atomic E-state index is 0.0164. The maximum Gasteiger partial charge on any atom is 0.231 e. The van der Waals surface area contributed by atoms with Crippen LogP contribution in [0.2, 0.25) is 0 Å². The van der Waals surface area contributed by atoms with Crippen LogP contribution in [0, 0.1) is 0 Å². The Hall–Kier alpha value is -1.55. The highest BCUT2D eigenvalue weighted by molar-refractivity contribution is 6.01. The Labute approximate surface area is 108 Å². The van der Waals surface area contributed by atoms with Gasteiger partial charge >= 0.3 is 0 Å². The molecule has 98 valence electrons. The first kappa shape index (κ1) is 12.9. The highest BCUT2D eigenvalue weighted by Gasteiger charge is 2.24. The molecule has 0 aromatic heterocycles. The number of carbonyl (C=O) groups excluding carboxylic acids is 1. The summed E-state index contributed by atoms with van der Waals surface area (Å²) in [5.74, 6) is 0.164. The van der Waals surface area contributed by atoms with E-state index in [9.17, 15) is 4.79 Å². The molecule has 4 heteroatoms. The predicted octanol–water partition coefficient (Wildman–Crippen LogP) is 1.62. The van der Waals surface area contributed by atoms with Crippen LogP contribution in [0.15, 0.2) is 18.2 Å². The lowest BCUT2D eigenvalue weighted by Gasteiger charge is -2.27. The molecule has 1 heterocycles. The second-order valence-corrected chi connectivity index (χ2v) is 5.51. The van der Waals surface area contributed by atoms with Gasteiger partial charge in [0.2, 0.25) is 5.91 Å². The summed E-state index contributed by atoms with van der Waals surface area (Å²) in [4.78, 5) is 13.3. The van der Waals surface area contributed by atoms with Crippen molar-refractivity contribution in [3.8, 4) is 0 Å². The molecule has 0 radical (unpaired) electrons. The first-order chi connectivity index (χ1) is 8.43. The van der Waals surface area contributed by atoms with Gasteiger partial charge < -0.3 is 15.5 Å². The van der Waals surface area contributed by atoms with Crippen LogP contribution in [-0.2, 0) is 11.2 Å². The van der Waals surface area contributed by atoms with E-state index >= 15 is 0 Å². The van der Waals surface area contributed by atoms with Gasteiger partial charge in [0, 0.05) is 30.5 Å². The van der Waals surface area contributed by atoms with Crippen LogP contribution in [-0.4, -0.2) is 32.1 Å². The standard InChI is InChI=1S/C14H21N3O/c1-14(2,9-15-3)16-11-5-6-12-10(7-11)8-13(18)17(12)4/h5-7,15-16H,8-9H2,1-4H3. The maximum atomic E-state index is 11.6. The third kappa shape index (κ3) is 2.48.